The number of esters is 1. The Kier molecular flexibility index (Phi) is 9.27. The van der Waals surface area contributed by atoms with E-state index in [-0.39, 0.29) is 0 Å². The number of ether oxygens (including phenoxy) is 1. The second-order valence-electron chi connectivity index (χ2n) is 10.4. The zero-order chi connectivity index (χ0) is 30.3. The number of fused-ring (bicyclic) bond motifs is 2. The van der Waals surface area contributed by atoms with Crippen molar-refractivity contribution in [3.8, 4) is 34.3 Å². The van der Waals surface area contributed by atoms with Gasteiger partial charge >= 0.3 is 5.97 Å². The van der Waals surface area contributed by atoms with Gasteiger partial charge in [-0.25, -0.2) is 9.37 Å². The minimum atomic E-state index is -0.576. The van der Waals surface area contributed by atoms with Crippen LogP contribution >= 0.6 is 0 Å². The molecule has 0 saturated carbocycles. The van der Waals surface area contributed by atoms with Gasteiger partial charge < -0.3 is 14.1 Å². The van der Waals surface area contributed by atoms with Gasteiger partial charge in [0.2, 0.25) is 5.36 Å². The average molecular weight is 572 g/mol. The first-order valence-corrected chi connectivity index (χ1v) is 15.2. The van der Waals surface area contributed by atoms with Crippen molar-refractivity contribution in [2.45, 2.75) is 40.7 Å². The lowest BCUT2D eigenvalue weighted by atomic mass is 9.90. The van der Waals surface area contributed by atoms with Crippen LogP contribution in [0.3, 0.4) is 0 Å². The summed E-state index contributed by atoms with van der Waals surface area (Å²) in [5.41, 5.74) is 5.93. The van der Waals surface area contributed by atoms with E-state index in [0.717, 1.165) is 76.2 Å². The molecule has 1 heterocycles. The van der Waals surface area contributed by atoms with E-state index in [2.05, 4.69) is 85.4 Å². The molecule has 0 bridgehead atoms. The fourth-order valence-corrected chi connectivity index (χ4v) is 5.57. The Bertz CT molecular complexity index is 1830. The lowest BCUT2D eigenvalue weighted by Crippen LogP contribution is -2.29. The van der Waals surface area contributed by atoms with E-state index < -0.39 is 12.1 Å². The molecular formula is C38H39N2O3+. The third-order valence-corrected chi connectivity index (χ3v) is 7.84. The fourth-order valence-electron chi connectivity index (χ4n) is 5.57. The molecule has 3 aromatic carbocycles. The van der Waals surface area contributed by atoms with E-state index in [1.54, 1.807) is 6.92 Å². The van der Waals surface area contributed by atoms with Crippen LogP contribution in [0.1, 0.15) is 50.5 Å². The molecule has 0 fully saturated rings. The van der Waals surface area contributed by atoms with Gasteiger partial charge in [0.15, 0.2) is 6.10 Å². The molecule has 0 aromatic heterocycles. The maximum Gasteiger partial charge on any atom is 0.339 e. The van der Waals surface area contributed by atoms with Gasteiger partial charge in [0.05, 0.1) is 11.6 Å². The standard InChI is InChI=1S/C38H39N2O3/c1-6-39(7-2)29-21-23-33-35(25-29)43-36-26-30(40(8-3)9-4)22-24-34(36)37(33)31-17-13-14-18-32(31)38(41)42-27(5)19-20-28-15-11-10-12-16-28/h10-18,21-27H,6-9H2,1-5H3/q+1. The highest BCUT2D eigenvalue weighted by Gasteiger charge is 2.24. The number of hydrogen-bond acceptors (Lipinski definition) is 4. The molecule has 1 unspecified atom stereocenters. The molecule has 2 aliphatic rings. The Morgan fingerprint density at radius 3 is 2.30 bits per heavy atom. The summed E-state index contributed by atoms with van der Waals surface area (Å²) in [6.45, 7) is 14.0. The Morgan fingerprint density at radius 1 is 0.860 bits per heavy atom. The maximum absolute atomic E-state index is 13.6. The van der Waals surface area contributed by atoms with Crippen molar-refractivity contribution < 1.29 is 13.9 Å². The van der Waals surface area contributed by atoms with Crippen LogP contribution in [-0.2, 0) is 4.74 Å². The smallest absolute Gasteiger partial charge is 0.339 e. The van der Waals surface area contributed by atoms with Crippen LogP contribution in [0.2, 0.25) is 0 Å². The fraction of sp³-hybridized carbons (Fsp3) is 0.263. The molecule has 0 spiro atoms. The third-order valence-electron chi connectivity index (χ3n) is 7.84. The second-order valence-corrected chi connectivity index (χ2v) is 10.4. The number of benzene rings is 4. The zero-order valence-electron chi connectivity index (χ0n) is 25.7. The molecule has 0 N–H and O–H groups in total. The molecule has 1 atom stereocenters. The molecule has 5 nitrogen and oxygen atoms in total. The molecule has 1 aliphatic carbocycles. The highest BCUT2D eigenvalue weighted by atomic mass is 16.5. The Hall–Kier alpha value is -4.82. The monoisotopic (exact) mass is 571 g/mol. The summed E-state index contributed by atoms with van der Waals surface area (Å²) in [5.74, 6) is 6.51. The topological polar surface area (TPSA) is 45.7 Å². The van der Waals surface area contributed by atoms with Gasteiger partial charge in [-0.15, -0.1) is 0 Å². The molecule has 0 saturated heterocycles. The first-order valence-electron chi connectivity index (χ1n) is 15.2. The van der Waals surface area contributed by atoms with Crippen LogP contribution in [0.25, 0.3) is 33.4 Å². The summed E-state index contributed by atoms with van der Waals surface area (Å²) in [6.07, 6.45) is -0.576. The minimum absolute atomic E-state index is 0.410. The molecular weight excluding hydrogens is 532 g/mol. The van der Waals surface area contributed by atoms with Gasteiger partial charge in [0, 0.05) is 53.0 Å². The van der Waals surface area contributed by atoms with Crippen LogP contribution in [0.5, 0.6) is 0 Å². The summed E-state index contributed by atoms with van der Waals surface area (Å²) in [4.78, 5) is 15.9. The number of carbonyl (C=O) groups excluding carboxylic acids is 1. The first kappa shape index (κ1) is 29.7. The van der Waals surface area contributed by atoms with E-state index in [1.807, 2.05) is 54.6 Å². The van der Waals surface area contributed by atoms with Crippen molar-refractivity contribution in [3.63, 3.8) is 0 Å². The zero-order valence-corrected chi connectivity index (χ0v) is 25.7. The van der Waals surface area contributed by atoms with Gasteiger partial charge in [-0.3, -0.25) is 0 Å². The van der Waals surface area contributed by atoms with Crippen molar-refractivity contribution in [2.24, 2.45) is 0 Å². The number of nitrogens with zero attached hydrogens (tertiary/aromatic N) is 2. The predicted octanol–water partition coefficient (Wildman–Crippen LogP) is 7.46. The molecule has 43 heavy (non-hydrogen) atoms. The van der Waals surface area contributed by atoms with Crippen molar-refractivity contribution in [1.29, 1.82) is 0 Å². The molecule has 5 heteroatoms. The number of rotatable bonds is 8. The molecule has 0 amide bonds. The SMILES string of the molecule is CCN(CC)c1ccc2c(-c3ccccc3C(=O)OC(C)C#Cc3ccccc3)c3ccc(=[N+](CC)CC)cc-3oc2c1. The van der Waals surface area contributed by atoms with Gasteiger partial charge in [-0.2, -0.15) is 0 Å². The Morgan fingerprint density at radius 2 is 1.58 bits per heavy atom. The number of anilines is 1. The normalized spacial score (nSPS) is 11.6. The predicted molar refractivity (Wildman–Crippen MR) is 176 cm³/mol. The first-order chi connectivity index (χ1) is 21.0. The third kappa shape index (κ3) is 6.34. The van der Waals surface area contributed by atoms with Gasteiger partial charge in [0.25, 0.3) is 0 Å². The van der Waals surface area contributed by atoms with Gasteiger partial charge in [-0.1, -0.05) is 48.2 Å². The van der Waals surface area contributed by atoms with Crippen LogP contribution < -0.4 is 14.8 Å². The van der Waals surface area contributed by atoms with Crippen LogP contribution in [0, 0.1) is 11.8 Å². The van der Waals surface area contributed by atoms with Crippen molar-refractivity contribution >= 4 is 22.6 Å². The average Bonchev–Trinajstić information content (AvgIpc) is 3.04. The van der Waals surface area contributed by atoms with E-state index in [1.165, 1.54) is 0 Å². The Labute approximate surface area is 254 Å². The quantitative estimate of drug-likeness (QED) is 0.0840. The van der Waals surface area contributed by atoms with Crippen LogP contribution in [-0.4, -0.2) is 38.3 Å². The summed E-state index contributed by atoms with van der Waals surface area (Å²) in [5, 5.41) is 2.04. The van der Waals surface area contributed by atoms with E-state index in [9.17, 15) is 4.79 Å². The van der Waals surface area contributed by atoms with Crippen LogP contribution in [0.4, 0.5) is 5.69 Å². The van der Waals surface area contributed by atoms with Crippen LogP contribution in [0.15, 0.2) is 95.4 Å². The van der Waals surface area contributed by atoms with Gasteiger partial charge in [-0.05, 0) is 76.6 Å². The second kappa shape index (κ2) is 13.4. The van der Waals surface area contributed by atoms with Crippen molar-refractivity contribution in [2.75, 3.05) is 31.1 Å². The molecule has 1 aliphatic heterocycles. The summed E-state index contributed by atoms with van der Waals surface area (Å²) in [7, 11) is 0. The highest BCUT2D eigenvalue weighted by Crippen LogP contribution is 2.42. The lowest BCUT2D eigenvalue weighted by molar-refractivity contribution is 0.0439. The summed E-state index contributed by atoms with van der Waals surface area (Å²) >= 11 is 0. The minimum Gasteiger partial charge on any atom is -0.456 e. The number of hydrogen-bond donors (Lipinski definition) is 0. The summed E-state index contributed by atoms with van der Waals surface area (Å²) < 4.78 is 14.8. The van der Waals surface area contributed by atoms with E-state index in [0.29, 0.717) is 5.56 Å². The van der Waals surface area contributed by atoms with E-state index >= 15 is 0 Å². The van der Waals surface area contributed by atoms with Crippen molar-refractivity contribution in [1.82, 2.24) is 4.58 Å². The molecule has 5 rings (SSSR count). The molecule has 218 valence electrons. The maximum atomic E-state index is 13.6. The van der Waals surface area contributed by atoms with E-state index in [4.69, 9.17) is 9.15 Å². The molecule has 3 aromatic rings. The van der Waals surface area contributed by atoms with Gasteiger partial charge in [0.1, 0.15) is 24.4 Å². The van der Waals surface area contributed by atoms with Crippen molar-refractivity contribution in [3.05, 3.63) is 107 Å². The highest BCUT2D eigenvalue weighted by molar-refractivity contribution is 6.08. The lowest BCUT2D eigenvalue weighted by Gasteiger charge is -2.22. The molecule has 0 radical (unpaired) electrons. The largest absolute Gasteiger partial charge is 0.456 e. The summed E-state index contributed by atoms with van der Waals surface area (Å²) in [6, 6.07) is 30.0. The Balaban J connectivity index is 1.67. The number of carbonyl (C=O) groups is 1.